The van der Waals surface area contributed by atoms with Gasteiger partial charge in [0.05, 0.1) is 4.90 Å². The fraction of sp³-hybridized carbons (Fsp3) is 0.731. The summed E-state index contributed by atoms with van der Waals surface area (Å²) in [6, 6.07) is 7.69. The molecular formula is C26H42Cl3NO3S. The molecule has 0 unspecified atom stereocenters. The van der Waals surface area contributed by atoms with Gasteiger partial charge in [-0.3, -0.25) is 4.79 Å². The van der Waals surface area contributed by atoms with E-state index in [0.717, 1.165) is 19.3 Å². The Labute approximate surface area is 222 Å². The zero-order valence-corrected chi connectivity index (χ0v) is 23.6. The highest BCUT2D eigenvalue weighted by atomic mass is 35.6. The Morgan fingerprint density at radius 2 is 1.18 bits per heavy atom. The molecule has 196 valence electrons. The van der Waals surface area contributed by atoms with Gasteiger partial charge in [0.1, 0.15) is 0 Å². The quantitative estimate of drug-likeness (QED) is 0.138. The molecule has 0 aliphatic heterocycles. The lowest BCUT2D eigenvalue weighted by molar-refractivity contribution is -0.121. The van der Waals surface area contributed by atoms with Gasteiger partial charge in [0.2, 0.25) is 19.5 Å². The Bertz CT molecular complexity index is 767. The summed E-state index contributed by atoms with van der Waals surface area (Å²) in [5.74, 6) is -0.425. The number of hydrogen-bond donors (Lipinski definition) is 1. The molecule has 0 saturated carbocycles. The van der Waals surface area contributed by atoms with E-state index in [1.807, 2.05) is 0 Å². The maximum atomic E-state index is 12.9. The average molecular weight is 555 g/mol. The first-order valence-electron chi connectivity index (χ1n) is 12.8. The van der Waals surface area contributed by atoms with Gasteiger partial charge in [-0.05, 0) is 18.6 Å². The van der Waals surface area contributed by atoms with Crippen LogP contribution in [-0.2, 0) is 14.6 Å². The monoisotopic (exact) mass is 553 g/mol. The van der Waals surface area contributed by atoms with Crippen molar-refractivity contribution in [3.8, 4) is 0 Å². The Balaban J connectivity index is 2.17. The normalized spacial score (nSPS) is 13.1. The molecule has 1 N–H and O–H groups in total. The van der Waals surface area contributed by atoms with Crippen molar-refractivity contribution in [1.82, 2.24) is 5.32 Å². The Kier molecular flexibility index (Phi) is 16.6. The third-order valence-electron chi connectivity index (χ3n) is 5.98. The number of rotatable bonds is 19. The van der Waals surface area contributed by atoms with Crippen LogP contribution in [0.25, 0.3) is 0 Å². The van der Waals surface area contributed by atoms with Crippen LogP contribution in [0.3, 0.4) is 0 Å². The summed E-state index contributed by atoms with van der Waals surface area (Å²) in [7, 11) is -4.04. The number of carbonyl (C=O) groups is 1. The third-order valence-corrected chi connectivity index (χ3v) is 9.04. The first-order chi connectivity index (χ1) is 16.2. The van der Waals surface area contributed by atoms with Crippen molar-refractivity contribution in [3.05, 3.63) is 30.3 Å². The summed E-state index contributed by atoms with van der Waals surface area (Å²) in [5, 5.41) is 0.780. The molecule has 0 aliphatic carbocycles. The van der Waals surface area contributed by atoms with E-state index in [1.165, 1.54) is 82.8 Å². The van der Waals surface area contributed by atoms with Crippen molar-refractivity contribution < 1.29 is 13.2 Å². The number of unbranched alkanes of at least 4 members (excludes halogenated alkanes) is 14. The first kappa shape index (κ1) is 31.5. The molecule has 1 amide bonds. The molecule has 34 heavy (non-hydrogen) atoms. The van der Waals surface area contributed by atoms with Crippen LogP contribution in [0.1, 0.15) is 110 Å². The zero-order chi connectivity index (χ0) is 25.3. The van der Waals surface area contributed by atoms with Crippen LogP contribution in [0.4, 0.5) is 0 Å². The van der Waals surface area contributed by atoms with E-state index in [1.54, 1.807) is 18.2 Å². The number of halogens is 3. The van der Waals surface area contributed by atoms with Gasteiger partial charge < -0.3 is 5.32 Å². The lowest BCUT2D eigenvalue weighted by Crippen LogP contribution is -2.49. The minimum Gasteiger partial charge on any atom is -0.336 e. The van der Waals surface area contributed by atoms with Crippen LogP contribution in [0, 0.1) is 0 Å². The second-order valence-corrected chi connectivity index (χ2v) is 13.4. The smallest absolute Gasteiger partial charge is 0.225 e. The molecule has 0 radical (unpaired) electrons. The molecule has 1 aromatic carbocycles. The van der Waals surface area contributed by atoms with Gasteiger partial charge in [0.15, 0.2) is 5.37 Å². The molecule has 8 heteroatoms. The van der Waals surface area contributed by atoms with Gasteiger partial charge in [-0.2, -0.15) is 0 Å². The second kappa shape index (κ2) is 17.9. The minimum atomic E-state index is -4.04. The van der Waals surface area contributed by atoms with E-state index < -0.39 is 24.9 Å². The third kappa shape index (κ3) is 13.6. The number of benzene rings is 1. The lowest BCUT2D eigenvalue weighted by atomic mass is 10.0. The van der Waals surface area contributed by atoms with E-state index in [2.05, 4.69) is 12.2 Å². The van der Waals surface area contributed by atoms with Gasteiger partial charge in [-0.25, -0.2) is 8.42 Å². The van der Waals surface area contributed by atoms with E-state index >= 15 is 0 Å². The van der Waals surface area contributed by atoms with E-state index in [0.29, 0.717) is 6.42 Å². The highest BCUT2D eigenvalue weighted by molar-refractivity contribution is 7.92. The number of sulfone groups is 1. The summed E-state index contributed by atoms with van der Waals surface area (Å²) >= 11 is 17.7. The average Bonchev–Trinajstić information content (AvgIpc) is 2.79. The van der Waals surface area contributed by atoms with Crippen LogP contribution in [-0.4, -0.2) is 23.5 Å². The van der Waals surface area contributed by atoms with Crippen LogP contribution in [0.5, 0.6) is 0 Å². The fourth-order valence-electron chi connectivity index (χ4n) is 3.96. The van der Waals surface area contributed by atoms with Gasteiger partial charge >= 0.3 is 0 Å². The van der Waals surface area contributed by atoms with Crippen molar-refractivity contribution in [3.63, 3.8) is 0 Å². The number of carbonyl (C=O) groups excluding carboxylic acids is 1. The maximum absolute atomic E-state index is 12.9. The van der Waals surface area contributed by atoms with Crippen LogP contribution >= 0.6 is 34.8 Å². The van der Waals surface area contributed by atoms with E-state index in [-0.39, 0.29) is 11.3 Å². The fourth-order valence-corrected chi connectivity index (χ4v) is 6.62. The lowest BCUT2D eigenvalue weighted by Gasteiger charge is -2.25. The van der Waals surface area contributed by atoms with Crippen molar-refractivity contribution in [2.24, 2.45) is 0 Å². The molecule has 1 atom stereocenters. The maximum Gasteiger partial charge on any atom is 0.225 e. The summed E-state index contributed by atoms with van der Waals surface area (Å²) in [5.41, 5.74) is 0. The summed E-state index contributed by atoms with van der Waals surface area (Å²) in [6.07, 6.45) is 18.8. The summed E-state index contributed by atoms with van der Waals surface area (Å²) in [4.78, 5) is 12.4. The van der Waals surface area contributed by atoms with Crippen LogP contribution in [0.2, 0.25) is 0 Å². The van der Waals surface area contributed by atoms with Gasteiger partial charge in [-0.1, -0.05) is 150 Å². The molecule has 1 aromatic rings. The van der Waals surface area contributed by atoms with Crippen molar-refractivity contribution in [2.45, 2.75) is 124 Å². The number of hydrogen-bond acceptors (Lipinski definition) is 3. The molecule has 0 fully saturated rings. The minimum absolute atomic E-state index is 0.00130. The predicted molar refractivity (Wildman–Crippen MR) is 145 cm³/mol. The molecule has 0 aliphatic rings. The number of amides is 1. The van der Waals surface area contributed by atoms with Gasteiger partial charge in [0.25, 0.3) is 0 Å². The standard InChI is InChI=1S/C26H42Cl3NO3S/c1-2-3-4-5-6-7-8-9-10-11-12-13-14-15-19-22-24(31)30-25(26(27,28)29)34(32,33)23-20-17-16-18-21-23/h16-18,20-21,25H,2-15,19,22H2,1H3,(H,30,31)/t25-/m0/s1. The Morgan fingerprint density at radius 3 is 1.59 bits per heavy atom. The van der Waals surface area contributed by atoms with Crippen molar-refractivity contribution in [1.29, 1.82) is 0 Å². The molecule has 4 nitrogen and oxygen atoms in total. The van der Waals surface area contributed by atoms with Crippen molar-refractivity contribution in [2.75, 3.05) is 0 Å². The van der Waals surface area contributed by atoms with Gasteiger partial charge in [0, 0.05) is 6.42 Å². The second-order valence-electron chi connectivity index (χ2n) is 9.05. The molecule has 0 spiro atoms. The van der Waals surface area contributed by atoms with E-state index in [9.17, 15) is 13.2 Å². The van der Waals surface area contributed by atoms with Crippen LogP contribution in [0.15, 0.2) is 35.2 Å². The SMILES string of the molecule is CCCCCCCCCCCCCCCCCC(=O)N[C@H](C(Cl)(Cl)Cl)S(=O)(=O)c1ccccc1. The molecule has 1 rings (SSSR count). The Hall–Kier alpha value is -0.490. The van der Waals surface area contributed by atoms with Crippen molar-refractivity contribution >= 4 is 50.5 Å². The summed E-state index contributed by atoms with van der Waals surface area (Å²) < 4.78 is 23.5. The van der Waals surface area contributed by atoms with Gasteiger partial charge in [-0.15, -0.1) is 0 Å². The molecular weight excluding hydrogens is 513 g/mol. The van der Waals surface area contributed by atoms with Crippen LogP contribution < -0.4 is 5.32 Å². The molecule has 0 saturated heterocycles. The highest BCUT2D eigenvalue weighted by Crippen LogP contribution is 2.35. The molecule has 0 aromatic heterocycles. The molecule has 0 bridgehead atoms. The summed E-state index contributed by atoms with van der Waals surface area (Å²) in [6.45, 7) is 2.25. The molecule has 0 heterocycles. The first-order valence-corrected chi connectivity index (χ1v) is 15.5. The largest absolute Gasteiger partial charge is 0.336 e. The number of nitrogens with one attached hydrogen (secondary N) is 1. The highest BCUT2D eigenvalue weighted by Gasteiger charge is 2.44. The topological polar surface area (TPSA) is 63.2 Å². The van der Waals surface area contributed by atoms with E-state index in [4.69, 9.17) is 34.8 Å². The predicted octanol–water partition coefficient (Wildman–Crippen LogP) is 8.53. The number of alkyl halides is 3. The zero-order valence-electron chi connectivity index (χ0n) is 20.5. The Morgan fingerprint density at radius 1 is 0.765 bits per heavy atom.